The SMILES string of the molecule is CCCNCc1ncn(Cc2ccc(C)cc2)n1. The number of aromatic nitrogens is 3. The molecule has 0 saturated carbocycles. The van der Waals surface area contributed by atoms with Crippen molar-refractivity contribution in [3.8, 4) is 0 Å². The summed E-state index contributed by atoms with van der Waals surface area (Å²) in [6, 6.07) is 8.50. The van der Waals surface area contributed by atoms with Gasteiger partial charge in [-0.05, 0) is 25.5 Å². The largest absolute Gasteiger partial charge is 0.310 e. The van der Waals surface area contributed by atoms with Crippen LogP contribution in [0.25, 0.3) is 0 Å². The number of hydrogen-bond acceptors (Lipinski definition) is 3. The number of rotatable bonds is 6. The maximum absolute atomic E-state index is 4.44. The average Bonchev–Trinajstić information content (AvgIpc) is 2.80. The van der Waals surface area contributed by atoms with E-state index in [-0.39, 0.29) is 0 Å². The van der Waals surface area contributed by atoms with Crippen molar-refractivity contribution in [1.82, 2.24) is 20.1 Å². The van der Waals surface area contributed by atoms with E-state index >= 15 is 0 Å². The molecule has 0 atom stereocenters. The fourth-order valence-corrected chi connectivity index (χ4v) is 1.75. The standard InChI is InChI=1S/C14H20N4/c1-3-8-15-9-14-16-11-18(17-14)10-13-6-4-12(2)5-7-13/h4-7,11,15H,3,8-10H2,1-2H3. The highest BCUT2D eigenvalue weighted by Gasteiger charge is 2.01. The van der Waals surface area contributed by atoms with E-state index in [1.807, 2.05) is 4.68 Å². The summed E-state index contributed by atoms with van der Waals surface area (Å²) in [5, 5.41) is 7.74. The van der Waals surface area contributed by atoms with E-state index in [2.05, 4.69) is 53.5 Å². The van der Waals surface area contributed by atoms with Gasteiger partial charge in [0.25, 0.3) is 0 Å². The predicted molar refractivity (Wildman–Crippen MR) is 72.3 cm³/mol. The van der Waals surface area contributed by atoms with Crippen LogP contribution < -0.4 is 5.32 Å². The maximum atomic E-state index is 4.44. The van der Waals surface area contributed by atoms with E-state index in [0.717, 1.165) is 31.9 Å². The topological polar surface area (TPSA) is 42.7 Å². The third-order valence-corrected chi connectivity index (χ3v) is 2.76. The molecule has 1 heterocycles. The summed E-state index contributed by atoms with van der Waals surface area (Å²) in [6.07, 6.45) is 2.92. The lowest BCUT2D eigenvalue weighted by molar-refractivity contribution is 0.625. The Labute approximate surface area is 108 Å². The van der Waals surface area contributed by atoms with Crippen molar-refractivity contribution >= 4 is 0 Å². The van der Waals surface area contributed by atoms with Crippen LogP contribution in [-0.2, 0) is 13.1 Å². The first-order valence-electron chi connectivity index (χ1n) is 6.42. The van der Waals surface area contributed by atoms with Crippen LogP contribution >= 0.6 is 0 Å². The Bertz CT molecular complexity index is 473. The summed E-state index contributed by atoms with van der Waals surface area (Å²) in [7, 11) is 0. The summed E-state index contributed by atoms with van der Waals surface area (Å²) in [6.45, 7) is 6.77. The van der Waals surface area contributed by atoms with Crippen LogP contribution in [0.3, 0.4) is 0 Å². The molecule has 0 fully saturated rings. The van der Waals surface area contributed by atoms with E-state index in [9.17, 15) is 0 Å². The lowest BCUT2D eigenvalue weighted by Gasteiger charge is -2.01. The van der Waals surface area contributed by atoms with Crippen LogP contribution in [0.1, 0.15) is 30.3 Å². The lowest BCUT2D eigenvalue weighted by Crippen LogP contribution is -2.15. The van der Waals surface area contributed by atoms with Crippen LogP contribution in [-0.4, -0.2) is 21.3 Å². The molecule has 0 aliphatic rings. The van der Waals surface area contributed by atoms with Crippen molar-refractivity contribution < 1.29 is 0 Å². The first-order valence-corrected chi connectivity index (χ1v) is 6.42. The highest BCUT2D eigenvalue weighted by molar-refractivity contribution is 5.21. The molecule has 1 aromatic carbocycles. The Balaban J connectivity index is 1.91. The van der Waals surface area contributed by atoms with Crippen LogP contribution in [0.4, 0.5) is 0 Å². The smallest absolute Gasteiger partial charge is 0.164 e. The molecule has 1 aromatic heterocycles. The highest BCUT2D eigenvalue weighted by Crippen LogP contribution is 2.04. The fraction of sp³-hybridized carbons (Fsp3) is 0.429. The van der Waals surface area contributed by atoms with Crippen molar-refractivity contribution in [3.05, 3.63) is 47.5 Å². The first kappa shape index (κ1) is 12.8. The minimum Gasteiger partial charge on any atom is -0.310 e. The molecule has 1 N–H and O–H groups in total. The molecule has 4 heteroatoms. The molecule has 18 heavy (non-hydrogen) atoms. The van der Waals surface area contributed by atoms with Gasteiger partial charge in [-0.3, -0.25) is 0 Å². The van der Waals surface area contributed by atoms with Crippen molar-refractivity contribution in [1.29, 1.82) is 0 Å². The van der Waals surface area contributed by atoms with Gasteiger partial charge in [-0.25, -0.2) is 9.67 Å². The molecule has 0 radical (unpaired) electrons. The van der Waals surface area contributed by atoms with Gasteiger partial charge in [0.2, 0.25) is 0 Å². The summed E-state index contributed by atoms with van der Waals surface area (Å²) in [5.41, 5.74) is 2.53. The molecule has 0 saturated heterocycles. The van der Waals surface area contributed by atoms with Gasteiger partial charge in [0.1, 0.15) is 6.33 Å². The highest BCUT2D eigenvalue weighted by atomic mass is 15.3. The Morgan fingerprint density at radius 2 is 2.00 bits per heavy atom. The molecular weight excluding hydrogens is 224 g/mol. The zero-order valence-corrected chi connectivity index (χ0v) is 11.1. The lowest BCUT2D eigenvalue weighted by atomic mass is 10.1. The molecule has 2 aromatic rings. The number of hydrogen-bond donors (Lipinski definition) is 1. The molecule has 0 bridgehead atoms. The molecular formula is C14H20N4. The molecule has 2 rings (SSSR count). The quantitative estimate of drug-likeness (QED) is 0.792. The molecule has 0 aliphatic heterocycles. The van der Waals surface area contributed by atoms with Gasteiger partial charge in [-0.15, -0.1) is 0 Å². The summed E-state index contributed by atoms with van der Waals surface area (Å²) in [5.74, 6) is 0.857. The normalized spacial score (nSPS) is 10.8. The third kappa shape index (κ3) is 3.67. The third-order valence-electron chi connectivity index (χ3n) is 2.76. The predicted octanol–water partition coefficient (Wildman–Crippen LogP) is 2.13. The van der Waals surface area contributed by atoms with Gasteiger partial charge >= 0.3 is 0 Å². The van der Waals surface area contributed by atoms with Gasteiger partial charge < -0.3 is 5.32 Å². The zero-order chi connectivity index (χ0) is 12.8. The van der Waals surface area contributed by atoms with Crippen LogP contribution in [0, 0.1) is 6.92 Å². The van der Waals surface area contributed by atoms with E-state index in [1.165, 1.54) is 11.1 Å². The monoisotopic (exact) mass is 244 g/mol. The van der Waals surface area contributed by atoms with Gasteiger partial charge in [0.15, 0.2) is 5.82 Å². The summed E-state index contributed by atoms with van der Waals surface area (Å²) >= 11 is 0. The Kier molecular flexibility index (Phi) is 4.47. The fourth-order valence-electron chi connectivity index (χ4n) is 1.75. The Morgan fingerprint density at radius 1 is 1.22 bits per heavy atom. The molecule has 0 unspecified atom stereocenters. The Morgan fingerprint density at radius 3 is 2.72 bits per heavy atom. The van der Waals surface area contributed by atoms with E-state index in [1.54, 1.807) is 6.33 Å². The number of nitrogens with zero attached hydrogens (tertiary/aromatic N) is 3. The minimum atomic E-state index is 0.745. The number of aryl methyl sites for hydroxylation is 1. The minimum absolute atomic E-state index is 0.745. The first-order chi connectivity index (χ1) is 8.78. The van der Waals surface area contributed by atoms with Gasteiger partial charge in [0.05, 0.1) is 13.1 Å². The molecule has 0 aliphatic carbocycles. The summed E-state index contributed by atoms with van der Waals surface area (Å²) < 4.78 is 1.88. The second-order valence-corrected chi connectivity index (χ2v) is 4.52. The van der Waals surface area contributed by atoms with Crippen molar-refractivity contribution in [2.24, 2.45) is 0 Å². The maximum Gasteiger partial charge on any atom is 0.164 e. The molecule has 96 valence electrons. The van der Waals surface area contributed by atoms with Crippen molar-refractivity contribution in [3.63, 3.8) is 0 Å². The molecule has 0 spiro atoms. The van der Waals surface area contributed by atoms with Crippen molar-refractivity contribution in [2.75, 3.05) is 6.54 Å². The zero-order valence-electron chi connectivity index (χ0n) is 11.1. The van der Waals surface area contributed by atoms with E-state index < -0.39 is 0 Å². The van der Waals surface area contributed by atoms with Crippen LogP contribution in [0.5, 0.6) is 0 Å². The molecule has 4 nitrogen and oxygen atoms in total. The average molecular weight is 244 g/mol. The van der Waals surface area contributed by atoms with Crippen LogP contribution in [0.2, 0.25) is 0 Å². The second-order valence-electron chi connectivity index (χ2n) is 4.52. The van der Waals surface area contributed by atoms with Gasteiger partial charge in [0, 0.05) is 0 Å². The second kappa shape index (κ2) is 6.31. The van der Waals surface area contributed by atoms with E-state index in [0.29, 0.717) is 0 Å². The van der Waals surface area contributed by atoms with Gasteiger partial charge in [-0.1, -0.05) is 36.8 Å². The number of nitrogens with one attached hydrogen (secondary N) is 1. The Hall–Kier alpha value is -1.68. The van der Waals surface area contributed by atoms with Crippen LogP contribution in [0.15, 0.2) is 30.6 Å². The van der Waals surface area contributed by atoms with E-state index in [4.69, 9.17) is 0 Å². The van der Waals surface area contributed by atoms with Gasteiger partial charge in [-0.2, -0.15) is 5.10 Å². The van der Waals surface area contributed by atoms with Crippen molar-refractivity contribution in [2.45, 2.75) is 33.4 Å². The molecule has 0 amide bonds. The number of benzene rings is 1. The summed E-state index contributed by atoms with van der Waals surface area (Å²) in [4.78, 5) is 4.29.